The van der Waals surface area contributed by atoms with Crippen LogP contribution in [0.15, 0.2) is 107 Å². The van der Waals surface area contributed by atoms with Crippen molar-refractivity contribution < 1.29 is 32.6 Å². The standard InChI is InChI=1S/C39H42F3N3O4S/c1-25-21-45(26(2)24-46)38(48)33-11-8-12-34(43-37(47)27(3)29-15-17-30(18-16-29)39(40,41)42)36(33)49-35(25)23-44(4)22-28-13-19-32(20-14-28)50-31-9-6-5-7-10-31/h5-20,25-27,35,46H,21-24H2,1-4H3,(H,43,47)/t25-,26?,27?,35-/m1/s1. The first-order chi connectivity index (χ1) is 23.8. The van der Waals surface area contributed by atoms with Crippen LogP contribution in [0.25, 0.3) is 0 Å². The van der Waals surface area contributed by atoms with Crippen molar-refractivity contribution in [3.63, 3.8) is 0 Å². The van der Waals surface area contributed by atoms with Gasteiger partial charge in [0.15, 0.2) is 5.75 Å². The molecule has 2 unspecified atom stereocenters. The zero-order chi connectivity index (χ0) is 36.0. The normalized spacial score (nSPS) is 17.7. The number of nitrogens with zero attached hydrogens (tertiary/aromatic N) is 2. The lowest BCUT2D eigenvalue weighted by Gasteiger charge is -2.38. The molecular weight excluding hydrogens is 664 g/mol. The zero-order valence-electron chi connectivity index (χ0n) is 28.5. The molecule has 4 aromatic rings. The van der Waals surface area contributed by atoms with E-state index in [0.29, 0.717) is 25.2 Å². The molecule has 0 spiro atoms. The first-order valence-electron chi connectivity index (χ1n) is 16.5. The van der Waals surface area contributed by atoms with Crippen LogP contribution >= 0.6 is 11.8 Å². The van der Waals surface area contributed by atoms with Crippen molar-refractivity contribution >= 4 is 29.3 Å². The fourth-order valence-electron chi connectivity index (χ4n) is 5.88. The highest BCUT2D eigenvalue weighted by molar-refractivity contribution is 7.99. The Hall–Kier alpha value is -4.32. The van der Waals surface area contributed by atoms with Gasteiger partial charge in [-0.3, -0.25) is 14.5 Å². The second-order valence-electron chi connectivity index (χ2n) is 12.9. The van der Waals surface area contributed by atoms with Gasteiger partial charge in [-0.15, -0.1) is 0 Å². The van der Waals surface area contributed by atoms with Crippen LogP contribution in [-0.4, -0.2) is 65.6 Å². The summed E-state index contributed by atoms with van der Waals surface area (Å²) >= 11 is 1.70. The number of para-hydroxylation sites is 1. The third-order valence-electron chi connectivity index (χ3n) is 8.93. The first kappa shape index (κ1) is 36.9. The van der Waals surface area contributed by atoms with Gasteiger partial charge in [-0.1, -0.05) is 67.2 Å². The van der Waals surface area contributed by atoms with Gasteiger partial charge < -0.3 is 20.1 Å². The highest BCUT2D eigenvalue weighted by Gasteiger charge is 2.35. The molecule has 2 amide bonds. The Morgan fingerprint density at radius 1 is 0.980 bits per heavy atom. The van der Waals surface area contributed by atoms with Crippen molar-refractivity contribution in [2.45, 2.75) is 61.3 Å². The fraction of sp³-hybridized carbons (Fsp3) is 0.333. The van der Waals surface area contributed by atoms with E-state index in [0.717, 1.165) is 22.6 Å². The molecule has 264 valence electrons. The van der Waals surface area contributed by atoms with Crippen LogP contribution in [0.2, 0.25) is 0 Å². The molecule has 0 bridgehead atoms. The number of hydrogen-bond acceptors (Lipinski definition) is 6. The summed E-state index contributed by atoms with van der Waals surface area (Å²) < 4.78 is 46.0. The molecule has 4 aromatic carbocycles. The van der Waals surface area contributed by atoms with Gasteiger partial charge in [0.05, 0.1) is 35.4 Å². The van der Waals surface area contributed by atoms with Gasteiger partial charge in [-0.2, -0.15) is 13.2 Å². The van der Waals surface area contributed by atoms with E-state index in [4.69, 9.17) is 4.74 Å². The number of ether oxygens (including phenoxy) is 1. The molecule has 4 atom stereocenters. The highest BCUT2D eigenvalue weighted by atomic mass is 32.2. The zero-order valence-corrected chi connectivity index (χ0v) is 29.3. The van der Waals surface area contributed by atoms with E-state index in [2.05, 4.69) is 46.6 Å². The van der Waals surface area contributed by atoms with E-state index >= 15 is 0 Å². The number of rotatable bonds is 11. The minimum Gasteiger partial charge on any atom is -0.486 e. The fourth-order valence-corrected chi connectivity index (χ4v) is 6.72. The van der Waals surface area contributed by atoms with E-state index in [1.54, 1.807) is 48.7 Å². The lowest BCUT2D eigenvalue weighted by molar-refractivity contribution is -0.137. The molecule has 1 heterocycles. The number of aliphatic hydroxyl groups excluding tert-OH is 1. The summed E-state index contributed by atoms with van der Waals surface area (Å²) in [4.78, 5) is 33.4. The van der Waals surface area contributed by atoms with E-state index in [1.165, 1.54) is 17.0 Å². The van der Waals surface area contributed by atoms with E-state index < -0.39 is 35.7 Å². The smallest absolute Gasteiger partial charge is 0.416 e. The van der Waals surface area contributed by atoms with Crippen molar-refractivity contribution in [2.75, 3.05) is 32.1 Å². The van der Waals surface area contributed by atoms with E-state index in [-0.39, 0.29) is 35.4 Å². The quantitative estimate of drug-likeness (QED) is 0.165. The molecule has 0 saturated heterocycles. The molecule has 0 saturated carbocycles. The number of benzene rings is 4. The number of carbonyl (C=O) groups is 2. The summed E-state index contributed by atoms with van der Waals surface area (Å²) in [6.45, 7) is 6.66. The number of aliphatic hydroxyl groups is 1. The van der Waals surface area contributed by atoms with Crippen molar-refractivity contribution in [3.8, 4) is 5.75 Å². The third-order valence-corrected chi connectivity index (χ3v) is 9.94. The lowest BCUT2D eigenvalue weighted by Crippen LogP contribution is -2.49. The average molecular weight is 706 g/mol. The molecule has 5 rings (SSSR count). The summed E-state index contributed by atoms with van der Waals surface area (Å²) in [6.07, 6.45) is -4.89. The number of hydrogen-bond donors (Lipinski definition) is 2. The van der Waals surface area contributed by atoms with Gasteiger partial charge >= 0.3 is 6.18 Å². The summed E-state index contributed by atoms with van der Waals surface area (Å²) in [5.41, 5.74) is 1.27. The molecule has 7 nitrogen and oxygen atoms in total. The molecule has 0 aliphatic carbocycles. The number of nitrogens with one attached hydrogen (secondary N) is 1. The Morgan fingerprint density at radius 3 is 2.28 bits per heavy atom. The molecule has 0 radical (unpaired) electrons. The van der Waals surface area contributed by atoms with Crippen LogP contribution in [0.1, 0.15) is 53.7 Å². The minimum absolute atomic E-state index is 0.150. The van der Waals surface area contributed by atoms with Gasteiger partial charge in [0.1, 0.15) is 6.10 Å². The van der Waals surface area contributed by atoms with Crippen LogP contribution in [0, 0.1) is 5.92 Å². The number of likely N-dealkylation sites (N-methyl/N-ethyl adjacent to an activating group) is 1. The van der Waals surface area contributed by atoms with Crippen LogP contribution in [0.5, 0.6) is 5.75 Å². The predicted octanol–water partition coefficient (Wildman–Crippen LogP) is 7.95. The van der Waals surface area contributed by atoms with Gasteiger partial charge in [0.2, 0.25) is 5.91 Å². The Kier molecular flexibility index (Phi) is 11.9. The van der Waals surface area contributed by atoms with E-state index in [9.17, 15) is 27.9 Å². The Balaban J connectivity index is 1.36. The average Bonchev–Trinajstić information content (AvgIpc) is 3.10. The molecule has 11 heteroatoms. The Morgan fingerprint density at radius 2 is 1.64 bits per heavy atom. The summed E-state index contributed by atoms with van der Waals surface area (Å²) in [5, 5.41) is 12.9. The largest absolute Gasteiger partial charge is 0.486 e. The van der Waals surface area contributed by atoms with Gasteiger partial charge in [-0.25, -0.2) is 0 Å². The molecule has 0 fully saturated rings. The molecule has 2 N–H and O–H groups in total. The van der Waals surface area contributed by atoms with Crippen LogP contribution in [0.3, 0.4) is 0 Å². The van der Waals surface area contributed by atoms with Gasteiger partial charge in [-0.05, 0) is 80.6 Å². The van der Waals surface area contributed by atoms with Crippen LogP contribution < -0.4 is 10.1 Å². The number of fused-ring (bicyclic) bond motifs is 1. The molecule has 1 aliphatic heterocycles. The molecule has 1 aliphatic rings. The molecular formula is C39H42F3N3O4S. The third kappa shape index (κ3) is 9.07. The van der Waals surface area contributed by atoms with E-state index in [1.807, 2.05) is 32.2 Å². The van der Waals surface area contributed by atoms with Crippen LogP contribution in [0.4, 0.5) is 18.9 Å². The monoisotopic (exact) mass is 705 g/mol. The maximum atomic E-state index is 13.9. The minimum atomic E-state index is -4.48. The Bertz CT molecular complexity index is 1750. The summed E-state index contributed by atoms with van der Waals surface area (Å²) in [5.74, 6) is -1.52. The number of alkyl halides is 3. The summed E-state index contributed by atoms with van der Waals surface area (Å²) in [6, 6.07) is 27.6. The van der Waals surface area contributed by atoms with Crippen LogP contribution in [-0.2, 0) is 17.5 Å². The van der Waals surface area contributed by atoms with Crippen molar-refractivity contribution in [1.82, 2.24) is 9.80 Å². The second-order valence-corrected chi connectivity index (χ2v) is 14.0. The predicted molar refractivity (Wildman–Crippen MR) is 189 cm³/mol. The topological polar surface area (TPSA) is 82.1 Å². The first-order valence-corrected chi connectivity index (χ1v) is 17.4. The second kappa shape index (κ2) is 16.1. The maximum absolute atomic E-state index is 13.9. The number of carbonyl (C=O) groups excluding carboxylic acids is 2. The SMILES string of the molecule is CC(C(=O)Nc1cccc2c1O[C@H](CN(C)Cc1ccc(Sc3ccccc3)cc1)[C@H](C)CN(C(C)CO)C2=O)c1ccc(C(F)(F)F)cc1. The lowest BCUT2D eigenvalue weighted by atomic mass is 9.97. The number of amides is 2. The molecule has 50 heavy (non-hydrogen) atoms. The van der Waals surface area contributed by atoms with Crippen molar-refractivity contribution in [2.24, 2.45) is 5.92 Å². The number of anilines is 1. The summed E-state index contributed by atoms with van der Waals surface area (Å²) in [7, 11) is 2.00. The highest BCUT2D eigenvalue weighted by Crippen LogP contribution is 2.36. The van der Waals surface area contributed by atoms with Crippen molar-refractivity contribution in [1.29, 1.82) is 0 Å². The van der Waals surface area contributed by atoms with Gasteiger partial charge in [0.25, 0.3) is 5.91 Å². The van der Waals surface area contributed by atoms with Gasteiger partial charge in [0, 0.05) is 35.3 Å². The molecule has 0 aromatic heterocycles. The van der Waals surface area contributed by atoms with Crippen molar-refractivity contribution in [3.05, 3.63) is 119 Å². The maximum Gasteiger partial charge on any atom is 0.416 e. The number of halogens is 3. The Labute approximate surface area is 295 Å².